The number of aromatic nitrogens is 2. The van der Waals surface area contributed by atoms with Crippen LogP contribution in [0, 0.1) is 12.3 Å². The SMILES string of the molecule is Cc1ccc(C(N)=O)cc1CCc1ccc2nc(NCC(C)(C)CN(C)C)ncc2c1. The van der Waals surface area contributed by atoms with E-state index in [9.17, 15) is 4.79 Å². The highest BCUT2D eigenvalue weighted by molar-refractivity contribution is 5.93. The lowest BCUT2D eigenvalue weighted by atomic mass is 9.93. The first-order chi connectivity index (χ1) is 14.6. The van der Waals surface area contributed by atoms with E-state index in [-0.39, 0.29) is 5.41 Å². The molecule has 164 valence electrons. The van der Waals surface area contributed by atoms with Gasteiger partial charge in [0.05, 0.1) is 5.52 Å². The summed E-state index contributed by atoms with van der Waals surface area (Å²) in [7, 11) is 4.17. The summed E-state index contributed by atoms with van der Waals surface area (Å²) in [5.74, 6) is 0.268. The van der Waals surface area contributed by atoms with Gasteiger partial charge < -0.3 is 16.0 Å². The van der Waals surface area contributed by atoms with Gasteiger partial charge in [-0.2, -0.15) is 0 Å². The number of amides is 1. The minimum atomic E-state index is -0.390. The first-order valence-corrected chi connectivity index (χ1v) is 10.7. The average Bonchev–Trinajstić information content (AvgIpc) is 2.70. The summed E-state index contributed by atoms with van der Waals surface area (Å²) >= 11 is 0. The number of aryl methyl sites for hydroxylation is 3. The molecule has 0 aliphatic carbocycles. The Morgan fingerprint density at radius 2 is 1.90 bits per heavy atom. The lowest BCUT2D eigenvalue weighted by molar-refractivity contribution is 0.1000. The third kappa shape index (κ3) is 6.25. The van der Waals surface area contributed by atoms with Crippen molar-refractivity contribution in [2.45, 2.75) is 33.6 Å². The van der Waals surface area contributed by atoms with Gasteiger partial charge in [0.25, 0.3) is 0 Å². The molecule has 2 aromatic carbocycles. The van der Waals surface area contributed by atoms with Gasteiger partial charge in [0.15, 0.2) is 0 Å². The molecule has 0 aliphatic heterocycles. The van der Waals surface area contributed by atoms with E-state index in [0.717, 1.165) is 42.4 Å². The summed E-state index contributed by atoms with van der Waals surface area (Å²) < 4.78 is 0. The van der Waals surface area contributed by atoms with Crippen LogP contribution in [0.1, 0.15) is 40.9 Å². The molecule has 0 saturated heterocycles. The summed E-state index contributed by atoms with van der Waals surface area (Å²) in [6.45, 7) is 8.31. The fraction of sp³-hybridized carbons (Fsp3) is 0.400. The third-order valence-electron chi connectivity index (χ3n) is 5.43. The molecule has 0 atom stereocenters. The summed E-state index contributed by atoms with van der Waals surface area (Å²) in [6.07, 6.45) is 3.60. The number of fused-ring (bicyclic) bond motifs is 1. The molecule has 3 N–H and O–H groups in total. The van der Waals surface area contributed by atoms with Gasteiger partial charge in [-0.25, -0.2) is 9.97 Å². The number of nitrogens with two attached hydrogens (primary N) is 1. The average molecular weight is 420 g/mol. The van der Waals surface area contributed by atoms with Crippen LogP contribution in [0.15, 0.2) is 42.6 Å². The van der Waals surface area contributed by atoms with Gasteiger partial charge in [-0.15, -0.1) is 0 Å². The maximum atomic E-state index is 11.5. The number of carbonyl (C=O) groups is 1. The number of hydrogen-bond donors (Lipinski definition) is 2. The van der Waals surface area contributed by atoms with Crippen molar-refractivity contribution in [1.29, 1.82) is 0 Å². The molecule has 0 fully saturated rings. The predicted molar refractivity (Wildman–Crippen MR) is 127 cm³/mol. The van der Waals surface area contributed by atoms with Crippen molar-refractivity contribution < 1.29 is 4.79 Å². The van der Waals surface area contributed by atoms with E-state index >= 15 is 0 Å². The van der Waals surface area contributed by atoms with Gasteiger partial charge in [0.1, 0.15) is 0 Å². The van der Waals surface area contributed by atoms with E-state index < -0.39 is 5.91 Å². The highest BCUT2D eigenvalue weighted by atomic mass is 16.1. The summed E-state index contributed by atoms with van der Waals surface area (Å²) in [5.41, 5.74) is 10.6. The van der Waals surface area contributed by atoms with Crippen molar-refractivity contribution in [2.24, 2.45) is 11.1 Å². The zero-order chi connectivity index (χ0) is 22.6. The maximum Gasteiger partial charge on any atom is 0.248 e. The summed E-state index contributed by atoms with van der Waals surface area (Å²) in [5, 5.41) is 4.40. The monoisotopic (exact) mass is 419 g/mol. The molecule has 3 aromatic rings. The topological polar surface area (TPSA) is 84.1 Å². The van der Waals surface area contributed by atoms with Gasteiger partial charge in [0.2, 0.25) is 11.9 Å². The van der Waals surface area contributed by atoms with Crippen LogP contribution in [0.25, 0.3) is 10.9 Å². The van der Waals surface area contributed by atoms with Crippen LogP contribution < -0.4 is 11.1 Å². The lowest BCUT2D eigenvalue weighted by Crippen LogP contribution is -2.34. The fourth-order valence-corrected chi connectivity index (χ4v) is 3.93. The molecule has 0 radical (unpaired) electrons. The number of anilines is 1. The number of rotatable bonds is 9. The predicted octanol–water partition coefficient (Wildman–Crippen LogP) is 3.82. The molecule has 0 bridgehead atoms. The summed E-state index contributed by atoms with van der Waals surface area (Å²) in [4.78, 5) is 22.8. The molecule has 0 saturated carbocycles. The smallest absolute Gasteiger partial charge is 0.248 e. The van der Waals surface area contributed by atoms with E-state index in [1.165, 1.54) is 11.1 Å². The Balaban J connectivity index is 1.68. The van der Waals surface area contributed by atoms with Gasteiger partial charge in [-0.1, -0.05) is 26.0 Å². The second-order valence-corrected chi connectivity index (χ2v) is 9.35. The number of benzene rings is 2. The van der Waals surface area contributed by atoms with Crippen molar-refractivity contribution in [3.63, 3.8) is 0 Å². The van der Waals surface area contributed by atoms with Gasteiger partial charge in [-0.3, -0.25) is 4.79 Å². The van der Waals surface area contributed by atoms with Crippen LogP contribution in [-0.2, 0) is 12.8 Å². The van der Waals surface area contributed by atoms with E-state index in [4.69, 9.17) is 5.73 Å². The molecule has 0 spiro atoms. The van der Waals surface area contributed by atoms with Crippen molar-refractivity contribution >= 4 is 22.8 Å². The van der Waals surface area contributed by atoms with E-state index in [1.807, 2.05) is 18.3 Å². The second kappa shape index (κ2) is 9.43. The molecule has 3 rings (SSSR count). The molecule has 0 unspecified atom stereocenters. The normalized spacial score (nSPS) is 11.8. The molecule has 1 aromatic heterocycles. The Labute approximate surface area is 184 Å². The first-order valence-electron chi connectivity index (χ1n) is 10.7. The lowest BCUT2D eigenvalue weighted by Gasteiger charge is -2.28. The molecule has 6 nitrogen and oxygen atoms in total. The Morgan fingerprint density at radius 3 is 2.61 bits per heavy atom. The van der Waals surface area contributed by atoms with Crippen LogP contribution in [0.2, 0.25) is 0 Å². The number of hydrogen-bond acceptors (Lipinski definition) is 5. The molecule has 0 aliphatic rings. The van der Waals surface area contributed by atoms with Crippen LogP contribution in [0.4, 0.5) is 5.95 Å². The molecular formula is C25H33N5O. The Hall–Kier alpha value is -2.99. The minimum Gasteiger partial charge on any atom is -0.366 e. The van der Waals surface area contributed by atoms with E-state index in [1.54, 1.807) is 6.07 Å². The van der Waals surface area contributed by atoms with Crippen LogP contribution in [0.5, 0.6) is 0 Å². The zero-order valence-corrected chi connectivity index (χ0v) is 19.2. The van der Waals surface area contributed by atoms with Crippen molar-refractivity contribution in [3.8, 4) is 0 Å². The standard InChI is InChI=1S/C25H33N5O/c1-17-6-9-20(23(26)31)13-19(17)10-7-18-8-11-22-21(12-18)14-27-24(29-22)28-15-25(2,3)16-30(4)5/h6,8-9,11-14H,7,10,15-16H2,1-5H3,(H2,26,31)(H,27,28,29). The Morgan fingerprint density at radius 1 is 1.13 bits per heavy atom. The van der Waals surface area contributed by atoms with E-state index in [2.05, 4.69) is 73.3 Å². The zero-order valence-electron chi connectivity index (χ0n) is 19.2. The largest absolute Gasteiger partial charge is 0.366 e. The molecule has 1 amide bonds. The van der Waals surface area contributed by atoms with Crippen molar-refractivity contribution in [3.05, 3.63) is 64.8 Å². The third-order valence-corrected chi connectivity index (χ3v) is 5.43. The number of carbonyl (C=O) groups excluding carboxylic acids is 1. The Kier molecular flexibility index (Phi) is 6.91. The highest BCUT2D eigenvalue weighted by Gasteiger charge is 2.19. The summed E-state index contributed by atoms with van der Waals surface area (Å²) in [6, 6.07) is 11.9. The fourth-order valence-electron chi connectivity index (χ4n) is 3.93. The van der Waals surface area contributed by atoms with Crippen molar-refractivity contribution in [1.82, 2.24) is 14.9 Å². The minimum absolute atomic E-state index is 0.121. The molecule has 1 heterocycles. The quantitative estimate of drug-likeness (QED) is 0.551. The van der Waals surface area contributed by atoms with Crippen LogP contribution >= 0.6 is 0 Å². The Bertz CT molecular complexity index is 1070. The van der Waals surface area contributed by atoms with Gasteiger partial charge in [-0.05, 0) is 80.2 Å². The first kappa shape index (κ1) is 22.7. The van der Waals surface area contributed by atoms with Crippen molar-refractivity contribution in [2.75, 3.05) is 32.5 Å². The number of primary amides is 1. The van der Waals surface area contributed by atoms with Crippen LogP contribution in [0.3, 0.4) is 0 Å². The maximum absolute atomic E-state index is 11.5. The van der Waals surface area contributed by atoms with Crippen LogP contribution in [-0.4, -0.2) is 48.0 Å². The van der Waals surface area contributed by atoms with Gasteiger partial charge >= 0.3 is 0 Å². The van der Waals surface area contributed by atoms with E-state index in [0.29, 0.717) is 11.5 Å². The number of nitrogens with zero attached hydrogens (tertiary/aromatic N) is 3. The second-order valence-electron chi connectivity index (χ2n) is 9.35. The molecule has 6 heteroatoms. The van der Waals surface area contributed by atoms with Gasteiger partial charge in [0, 0.05) is 30.2 Å². The highest BCUT2D eigenvalue weighted by Crippen LogP contribution is 2.20. The number of nitrogens with one attached hydrogen (secondary N) is 1. The molecular weight excluding hydrogens is 386 g/mol. The molecule has 31 heavy (non-hydrogen) atoms.